The van der Waals surface area contributed by atoms with E-state index in [2.05, 4.69) is 146 Å². The average molecular weight is 1480 g/mol. The van der Waals surface area contributed by atoms with Crippen molar-refractivity contribution in [3.05, 3.63) is 168 Å². The van der Waals surface area contributed by atoms with Gasteiger partial charge in [0.2, 0.25) is 0 Å². The van der Waals surface area contributed by atoms with Crippen LogP contribution < -0.4 is 9.47 Å². The number of ether oxygens (including phenoxy) is 22. The lowest BCUT2D eigenvalue weighted by atomic mass is 10.0. The minimum Gasteiger partial charge on any atom is -0.493 e. The lowest BCUT2D eigenvalue weighted by Crippen LogP contribution is -2.25. The van der Waals surface area contributed by atoms with Crippen molar-refractivity contribution in [3.63, 3.8) is 0 Å². The normalized spacial score (nSPS) is 11.8. The lowest BCUT2D eigenvalue weighted by Gasteiger charge is -2.18. The molecule has 0 atom stereocenters. The van der Waals surface area contributed by atoms with Gasteiger partial charge >= 0.3 is 0 Å². The molecule has 6 rings (SSSR count). The van der Waals surface area contributed by atoms with Crippen molar-refractivity contribution in [2.24, 2.45) is 11.8 Å². The molecule has 0 spiro atoms. The number of rotatable bonds is 69. The van der Waals surface area contributed by atoms with Gasteiger partial charge in [0.15, 0.2) is 0 Å². The Bertz CT molecular complexity index is 2780. The van der Waals surface area contributed by atoms with Crippen LogP contribution in [0.1, 0.15) is 22.3 Å². The summed E-state index contributed by atoms with van der Waals surface area (Å²) in [5, 5.41) is 0. The molecule has 6 aromatic carbocycles. The summed E-state index contributed by atoms with van der Waals surface area (Å²) >= 11 is 0. The summed E-state index contributed by atoms with van der Waals surface area (Å²) in [6.07, 6.45) is 8.58. The molecule has 106 heavy (non-hydrogen) atoms. The van der Waals surface area contributed by atoms with Gasteiger partial charge in [-0.25, -0.2) is 0 Å². The zero-order valence-electron chi connectivity index (χ0n) is 63.2. The van der Waals surface area contributed by atoms with E-state index in [9.17, 15) is 0 Å². The summed E-state index contributed by atoms with van der Waals surface area (Å²) in [6, 6.07) is 50.8. The van der Waals surface area contributed by atoms with Gasteiger partial charge in [-0.3, -0.25) is 0 Å². The van der Waals surface area contributed by atoms with Gasteiger partial charge in [-0.2, -0.15) is 0 Å². The Labute approximate surface area is 629 Å². The number of methoxy groups -OCH3 is 4. The highest BCUT2D eigenvalue weighted by atomic mass is 16.6. The molecule has 0 bridgehead atoms. The van der Waals surface area contributed by atoms with Crippen LogP contribution in [-0.4, -0.2) is 280 Å². The van der Waals surface area contributed by atoms with Crippen LogP contribution in [0.15, 0.2) is 146 Å². The molecule has 0 radical (unpaired) electrons. The van der Waals surface area contributed by atoms with Crippen molar-refractivity contribution in [2.45, 2.75) is 0 Å². The van der Waals surface area contributed by atoms with E-state index in [4.69, 9.17) is 104 Å². The first kappa shape index (κ1) is 88.5. The van der Waals surface area contributed by atoms with Crippen LogP contribution in [-0.2, 0) is 94.7 Å². The fourth-order valence-electron chi connectivity index (χ4n) is 9.94. The third-order valence-corrected chi connectivity index (χ3v) is 15.9. The number of hydrogen-bond donors (Lipinski definition) is 0. The molecule has 0 saturated carbocycles. The minimum absolute atomic E-state index is 0.0143. The molecule has 0 aliphatic rings. The summed E-state index contributed by atoms with van der Waals surface area (Å²) in [7, 11) is 6.60. The van der Waals surface area contributed by atoms with Gasteiger partial charge in [-0.1, -0.05) is 146 Å². The van der Waals surface area contributed by atoms with Crippen molar-refractivity contribution in [1.29, 1.82) is 0 Å². The fourth-order valence-corrected chi connectivity index (χ4v) is 9.94. The predicted octanol–water partition coefficient (Wildman–Crippen LogP) is 11.9. The molecule has 0 amide bonds. The monoisotopic (exact) mass is 1480 g/mol. The van der Waals surface area contributed by atoms with Crippen molar-refractivity contribution < 1.29 is 104 Å². The third kappa shape index (κ3) is 43.0. The van der Waals surface area contributed by atoms with E-state index in [0.717, 1.165) is 67.1 Å². The SMILES string of the molecule is COCCOCCOCCOCCOCC(COCCOCCOCCOCCOC)COc1ccc(-c2ccc(/C=C/c3ccc(-c4ccc(/C=C/c5ccc(-c6ccc(OCC(COCCOCCOCCOCCOC)COCCOCCOCCOCCOC)cc6)cc5)cc4)cc3)cc2)cc1. The second-order valence-electron chi connectivity index (χ2n) is 24.2. The third-order valence-electron chi connectivity index (χ3n) is 15.9. The molecule has 0 aliphatic heterocycles. The van der Waals surface area contributed by atoms with Gasteiger partial charge in [0.25, 0.3) is 0 Å². The van der Waals surface area contributed by atoms with E-state index in [1.54, 1.807) is 28.4 Å². The number of benzene rings is 6. The molecule has 22 nitrogen and oxygen atoms in total. The molecule has 0 heterocycles. The molecule has 0 aromatic heterocycles. The lowest BCUT2D eigenvalue weighted by molar-refractivity contribution is -0.0305. The summed E-state index contributed by atoms with van der Waals surface area (Å²) in [5.41, 5.74) is 11.2. The van der Waals surface area contributed by atoms with E-state index < -0.39 is 0 Å². The maximum atomic E-state index is 6.28. The molecule has 6 aromatic rings. The summed E-state index contributed by atoms with van der Waals surface area (Å²) in [4.78, 5) is 0. The second kappa shape index (κ2) is 61.5. The van der Waals surface area contributed by atoms with Crippen LogP contribution in [0.3, 0.4) is 0 Å². The molecule has 586 valence electrons. The first-order valence-electron chi connectivity index (χ1n) is 37.0. The van der Waals surface area contributed by atoms with Crippen LogP contribution in [0.5, 0.6) is 11.5 Å². The fraction of sp³-hybridized carbons (Fsp3) is 0.524. The topological polar surface area (TPSA) is 203 Å². The second-order valence-corrected chi connectivity index (χ2v) is 24.2. The summed E-state index contributed by atoms with van der Waals surface area (Å²) in [6.45, 7) is 18.7. The Balaban J connectivity index is 0.887. The maximum Gasteiger partial charge on any atom is 0.119 e. The maximum absolute atomic E-state index is 6.28. The molecule has 0 N–H and O–H groups in total. The van der Waals surface area contributed by atoms with Crippen molar-refractivity contribution in [3.8, 4) is 44.9 Å². The molecule has 0 saturated heterocycles. The first-order chi connectivity index (χ1) is 52.5. The van der Waals surface area contributed by atoms with Crippen molar-refractivity contribution >= 4 is 24.3 Å². The van der Waals surface area contributed by atoms with Crippen LogP contribution in [0, 0.1) is 11.8 Å². The van der Waals surface area contributed by atoms with Crippen molar-refractivity contribution in [2.75, 3.05) is 280 Å². The van der Waals surface area contributed by atoms with E-state index in [0.29, 0.717) is 251 Å². The van der Waals surface area contributed by atoms with Crippen LogP contribution in [0.2, 0.25) is 0 Å². The zero-order valence-corrected chi connectivity index (χ0v) is 63.2. The van der Waals surface area contributed by atoms with Crippen LogP contribution in [0.25, 0.3) is 57.7 Å². The standard InChI is InChI=1S/C84H118O22/c1-85-33-37-89-41-45-93-49-53-97-57-61-101-65-75(66-102-62-58-98-54-50-94-46-42-90-38-34-86-2)69-105-83-29-25-81(26-30-83)79-21-13-73(14-22-79)7-5-71-9-17-77(18-10-71)78-19-11-72(12-20-78)6-8-74-15-23-80(24-16-74)82-27-31-84(32-28-82)106-70-76(67-103-63-59-99-55-51-95-47-43-91-39-35-87-3)68-104-64-60-100-56-52-96-48-44-92-40-36-88-4/h5-32,75-76H,33-70H2,1-4H3/b7-5+,8-6+. The highest BCUT2D eigenvalue weighted by Crippen LogP contribution is 2.27. The molecular weight excluding hydrogens is 1360 g/mol. The van der Waals surface area contributed by atoms with Gasteiger partial charge in [-0.15, -0.1) is 0 Å². The Morgan fingerprint density at radius 2 is 0.330 bits per heavy atom. The first-order valence-corrected chi connectivity index (χ1v) is 37.0. The van der Waals surface area contributed by atoms with Gasteiger partial charge < -0.3 is 104 Å². The Morgan fingerprint density at radius 1 is 0.179 bits per heavy atom. The average Bonchev–Trinajstić information content (AvgIpc) is 0.859. The van der Waals surface area contributed by atoms with Gasteiger partial charge in [0, 0.05) is 40.3 Å². The minimum atomic E-state index is -0.0143. The predicted molar refractivity (Wildman–Crippen MR) is 412 cm³/mol. The van der Waals surface area contributed by atoms with E-state index in [1.165, 1.54) is 0 Å². The van der Waals surface area contributed by atoms with E-state index in [-0.39, 0.29) is 11.8 Å². The molecule has 0 unspecified atom stereocenters. The molecule has 0 aliphatic carbocycles. The highest BCUT2D eigenvalue weighted by molar-refractivity contribution is 5.76. The summed E-state index contributed by atoms with van der Waals surface area (Å²) < 4.78 is 123. The number of hydrogen-bond acceptors (Lipinski definition) is 22. The van der Waals surface area contributed by atoms with E-state index >= 15 is 0 Å². The largest absolute Gasteiger partial charge is 0.493 e. The van der Waals surface area contributed by atoms with Crippen LogP contribution >= 0.6 is 0 Å². The molecular formula is C84H118O22. The smallest absolute Gasteiger partial charge is 0.119 e. The zero-order chi connectivity index (χ0) is 74.3. The molecule has 0 fully saturated rings. The quantitative estimate of drug-likeness (QED) is 0.0257. The molecule has 22 heteroatoms. The Kier molecular flexibility index (Phi) is 51.3. The van der Waals surface area contributed by atoms with Crippen molar-refractivity contribution in [1.82, 2.24) is 0 Å². The highest BCUT2D eigenvalue weighted by Gasteiger charge is 2.15. The van der Waals surface area contributed by atoms with Gasteiger partial charge in [0.05, 0.1) is 251 Å². The summed E-state index contributed by atoms with van der Waals surface area (Å²) in [5.74, 6) is 1.51. The van der Waals surface area contributed by atoms with Gasteiger partial charge in [-0.05, 0) is 79.9 Å². The Hall–Kier alpha value is -6.40. The van der Waals surface area contributed by atoms with E-state index in [1.807, 2.05) is 24.3 Å². The van der Waals surface area contributed by atoms with Crippen LogP contribution in [0.4, 0.5) is 0 Å². The Morgan fingerprint density at radius 3 is 0.500 bits per heavy atom. The van der Waals surface area contributed by atoms with Gasteiger partial charge in [0.1, 0.15) is 11.5 Å².